The molecule has 1 aromatic carbocycles. The zero-order valence-corrected chi connectivity index (χ0v) is 12.0. The molecule has 1 aromatic heterocycles. The molecule has 0 bridgehead atoms. The summed E-state index contributed by atoms with van der Waals surface area (Å²) in [7, 11) is 0. The summed E-state index contributed by atoms with van der Waals surface area (Å²) in [5.74, 6) is 0. The molecular formula is C14H16N2S2. The smallest absolute Gasteiger partial charge is 0.161 e. The van der Waals surface area contributed by atoms with Crippen LogP contribution >= 0.6 is 23.1 Å². The van der Waals surface area contributed by atoms with Crippen LogP contribution in [0.25, 0.3) is 10.1 Å². The molecule has 1 N–H and O–H groups in total. The number of fused-ring (bicyclic) bond motifs is 1. The van der Waals surface area contributed by atoms with Crippen molar-refractivity contribution in [2.75, 3.05) is 11.9 Å². The van der Waals surface area contributed by atoms with Gasteiger partial charge in [0.15, 0.2) is 5.17 Å². The highest BCUT2D eigenvalue weighted by Gasteiger charge is 2.18. The van der Waals surface area contributed by atoms with Gasteiger partial charge in [-0.15, -0.1) is 11.3 Å². The van der Waals surface area contributed by atoms with Crippen LogP contribution in [0.3, 0.4) is 0 Å². The Morgan fingerprint density at radius 1 is 1.39 bits per heavy atom. The zero-order chi connectivity index (χ0) is 12.4. The van der Waals surface area contributed by atoms with E-state index in [-0.39, 0.29) is 0 Å². The first-order chi connectivity index (χ1) is 8.85. The highest BCUT2D eigenvalue weighted by atomic mass is 32.2. The van der Waals surface area contributed by atoms with E-state index in [1.54, 1.807) is 11.3 Å². The van der Waals surface area contributed by atoms with Crippen molar-refractivity contribution >= 4 is 44.0 Å². The zero-order valence-electron chi connectivity index (χ0n) is 10.3. The fourth-order valence-corrected chi connectivity index (χ4v) is 4.04. The van der Waals surface area contributed by atoms with Crippen molar-refractivity contribution < 1.29 is 0 Å². The Bertz CT molecular complexity index is 574. The van der Waals surface area contributed by atoms with Gasteiger partial charge in [0.2, 0.25) is 0 Å². The number of thiophene rings is 1. The Balaban J connectivity index is 1.69. The average molecular weight is 276 g/mol. The number of hydrogen-bond donors (Lipinski definition) is 1. The van der Waals surface area contributed by atoms with Crippen LogP contribution in [0.2, 0.25) is 0 Å². The second-order valence-electron chi connectivity index (χ2n) is 4.47. The second kappa shape index (κ2) is 5.33. The molecule has 0 radical (unpaired) electrons. The van der Waals surface area contributed by atoms with Gasteiger partial charge in [0, 0.05) is 15.6 Å². The molecule has 0 amide bonds. The lowest BCUT2D eigenvalue weighted by molar-refractivity contribution is 0.754. The van der Waals surface area contributed by atoms with Crippen molar-refractivity contribution in [3.63, 3.8) is 0 Å². The van der Waals surface area contributed by atoms with E-state index in [2.05, 4.69) is 46.9 Å². The minimum absolute atomic E-state index is 0.669. The molecule has 0 saturated carbocycles. The molecule has 0 fully saturated rings. The maximum Gasteiger partial charge on any atom is 0.161 e. The van der Waals surface area contributed by atoms with Crippen LogP contribution in [0, 0.1) is 0 Å². The molecular weight excluding hydrogens is 260 g/mol. The topological polar surface area (TPSA) is 24.4 Å². The number of anilines is 1. The summed E-state index contributed by atoms with van der Waals surface area (Å²) >= 11 is 3.66. The number of nitrogens with zero attached hydrogens (tertiary/aromatic N) is 1. The van der Waals surface area contributed by atoms with Gasteiger partial charge < -0.3 is 5.32 Å². The fraction of sp³-hybridized carbons (Fsp3) is 0.357. The lowest BCUT2D eigenvalue weighted by atomic mass is 10.2. The highest BCUT2D eigenvalue weighted by Crippen LogP contribution is 2.28. The van der Waals surface area contributed by atoms with Gasteiger partial charge in [-0.1, -0.05) is 25.1 Å². The quantitative estimate of drug-likeness (QED) is 0.887. The van der Waals surface area contributed by atoms with Gasteiger partial charge in [0.1, 0.15) is 0 Å². The molecule has 3 rings (SSSR count). The standard InChI is InChI=1S/C14H16N2S2/c1-2-3-12-9-15-14(18-12)16-11-4-5-13-10(8-11)6-7-17-13/h4-8,12H,2-3,9H2,1H3,(H,15,16). The lowest BCUT2D eigenvalue weighted by Crippen LogP contribution is -2.07. The maximum absolute atomic E-state index is 4.57. The van der Waals surface area contributed by atoms with E-state index < -0.39 is 0 Å². The normalized spacial score (nSPS) is 19.2. The molecule has 0 saturated heterocycles. The molecule has 1 aliphatic rings. The first-order valence-corrected chi connectivity index (χ1v) is 8.06. The van der Waals surface area contributed by atoms with Crippen molar-refractivity contribution in [2.24, 2.45) is 4.99 Å². The van der Waals surface area contributed by atoms with E-state index in [4.69, 9.17) is 0 Å². The van der Waals surface area contributed by atoms with Crippen molar-refractivity contribution in [1.29, 1.82) is 0 Å². The van der Waals surface area contributed by atoms with Gasteiger partial charge in [0.25, 0.3) is 0 Å². The van der Waals surface area contributed by atoms with Crippen molar-refractivity contribution in [3.05, 3.63) is 29.6 Å². The first-order valence-electron chi connectivity index (χ1n) is 6.30. The monoisotopic (exact) mass is 276 g/mol. The molecule has 4 heteroatoms. The Morgan fingerprint density at radius 3 is 3.22 bits per heavy atom. The molecule has 94 valence electrons. The first kappa shape index (κ1) is 12.1. The average Bonchev–Trinajstić information content (AvgIpc) is 2.98. The van der Waals surface area contributed by atoms with Gasteiger partial charge in [0.05, 0.1) is 6.54 Å². The summed E-state index contributed by atoms with van der Waals surface area (Å²) < 4.78 is 1.34. The van der Waals surface area contributed by atoms with Crippen LogP contribution in [0.5, 0.6) is 0 Å². The number of thioether (sulfide) groups is 1. The molecule has 2 heterocycles. The fourth-order valence-electron chi connectivity index (χ4n) is 2.13. The number of benzene rings is 1. The Kier molecular flexibility index (Phi) is 3.57. The number of amidine groups is 1. The van der Waals surface area contributed by atoms with E-state index in [9.17, 15) is 0 Å². The van der Waals surface area contributed by atoms with Crippen LogP contribution in [0.15, 0.2) is 34.6 Å². The molecule has 2 aromatic rings. The maximum atomic E-state index is 4.57. The third-order valence-corrected chi connectivity index (χ3v) is 5.10. The minimum Gasteiger partial charge on any atom is -0.335 e. The van der Waals surface area contributed by atoms with E-state index in [0.29, 0.717) is 5.25 Å². The van der Waals surface area contributed by atoms with E-state index in [1.807, 2.05) is 11.8 Å². The van der Waals surface area contributed by atoms with Crippen LogP contribution in [0.4, 0.5) is 5.69 Å². The number of rotatable bonds is 3. The SMILES string of the molecule is CCCC1CN=C(Nc2ccc3sccc3c2)S1. The van der Waals surface area contributed by atoms with Crippen LogP contribution in [-0.2, 0) is 0 Å². The van der Waals surface area contributed by atoms with Crippen LogP contribution in [-0.4, -0.2) is 17.0 Å². The van der Waals surface area contributed by atoms with Crippen molar-refractivity contribution in [1.82, 2.24) is 0 Å². The predicted octanol–water partition coefficient (Wildman–Crippen LogP) is 4.58. The largest absolute Gasteiger partial charge is 0.335 e. The number of aliphatic imine (C=N–C) groups is 1. The number of nitrogens with one attached hydrogen (secondary N) is 1. The van der Waals surface area contributed by atoms with E-state index >= 15 is 0 Å². The van der Waals surface area contributed by atoms with E-state index in [0.717, 1.165) is 17.4 Å². The summed E-state index contributed by atoms with van der Waals surface area (Å²) in [6.45, 7) is 3.19. The lowest BCUT2D eigenvalue weighted by Gasteiger charge is -2.08. The van der Waals surface area contributed by atoms with Crippen LogP contribution < -0.4 is 5.32 Å². The second-order valence-corrected chi connectivity index (χ2v) is 6.71. The van der Waals surface area contributed by atoms with Gasteiger partial charge in [-0.3, -0.25) is 4.99 Å². The van der Waals surface area contributed by atoms with Gasteiger partial charge in [-0.25, -0.2) is 0 Å². The minimum atomic E-state index is 0.669. The highest BCUT2D eigenvalue weighted by molar-refractivity contribution is 8.15. The van der Waals surface area contributed by atoms with E-state index in [1.165, 1.54) is 22.9 Å². The Morgan fingerprint density at radius 2 is 2.33 bits per heavy atom. The van der Waals surface area contributed by atoms with Gasteiger partial charge >= 0.3 is 0 Å². The van der Waals surface area contributed by atoms with Crippen LogP contribution in [0.1, 0.15) is 19.8 Å². The number of hydrogen-bond acceptors (Lipinski definition) is 4. The predicted molar refractivity (Wildman–Crippen MR) is 84.0 cm³/mol. The molecule has 1 aliphatic heterocycles. The van der Waals surface area contributed by atoms with Crippen molar-refractivity contribution in [3.8, 4) is 0 Å². The Hall–Kier alpha value is -1.00. The third-order valence-electron chi connectivity index (χ3n) is 3.03. The summed E-state index contributed by atoms with van der Waals surface area (Å²) in [5, 5.41) is 8.61. The molecule has 1 unspecified atom stereocenters. The summed E-state index contributed by atoms with van der Waals surface area (Å²) in [6.07, 6.45) is 2.49. The summed E-state index contributed by atoms with van der Waals surface area (Å²) in [6, 6.07) is 8.66. The van der Waals surface area contributed by atoms with Gasteiger partial charge in [-0.05, 0) is 41.5 Å². The molecule has 0 aliphatic carbocycles. The summed E-state index contributed by atoms with van der Waals surface area (Å²) in [5.41, 5.74) is 1.14. The molecule has 1 atom stereocenters. The Labute approximate surface area is 116 Å². The molecule has 2 nitrogen and oxygen atoms in total. The molecule has 18 heavy (non-hydrogen) atoms. The van der Waals surface area contributed by atoms with Gasteiger partial charge in [-0.2, -0.15) is 0 Å². The van der Waals surface area contributed by atoms with Crippen molar-refractivity contribution in [2.45, 2.75) is 25.0 Å². The third kappa shape index (κ3) is 2.54. The summed E-state index contributed by atoms with van der Waals surface area (Å²) in [4.78, 5) is 4.57. The molecule has 0 spiro atoms.